The monoisotopic (exact) mass is 524 g/mol. The molecule has 0 spiro atoms. The van der Waals surface area contributed by atoms with Gasteiger partial charge in [0.05, 0.1) is 34.4 Å². The molecule has 1 saturated carbocycles. The molecule has 0 bridgehead atoms. The van der Waals surface area contributed by atoms with Crippen LogP contribution in [0.4, 0.5) is 0 Å². The van der Waals surface area contributed by atoms with Crippen LogP contribution < -0.4 is 0 Å². The molecule has 4 rings (SSSR count). The summed E-state index contributed by atoms with van der Waals surface area (Å²) in [6.07, 6.45) is 9.05. The Morgan fingerprint density at radius 1 is 0.914 bits per heavy atom. The van der Waals surface area contributed by atoms with Gasteiger partial charge in [0.1, 0.15) is 0 Å². The van der Waals surface area contributed by atoms with Crippen molar-refractivity contribution in [3.8, 4) is 5.69 Å². The predicted octanol–water partition coefficient (Wildman–Crippen LogP) is 3.40. The van der Waals surface area contributed by atoms with Crippen molar-refractivity contribution in [1.82, 2.24) is 19.6 Å². The summed E-state index contributed by atoms with van der Waals surface area (Å²) >= 11 is 12.1. The number of aromatic nitrogens is 2. The van der Waals surface area contributed by atoms with E-state index in [1.165, 1.54) is 32.1 Å². The van der Waals surface area contributed by atoms with E-state index in [1.54, 1.807) is 16.8 Å². The van der Waals surface area contributed by atoms with E-state index in [4.69, 9.17) is 43.0 Å². The first-order valence-corrected chi connectivity index (χ1v) is 12.4. The standard InChI is InChI=1S/C22H28Cl2N4O.C2H2O4/c23-21-7-6-19(15-22(21)24)28-9-8-17(25-28)14-20(29)16-26-10-12-27(13-11-26)18-4-2-1-3-5-18;3-1(4)2(5)6/h6-9,15,18H,1-5,10-14,16H2;(H,3,4)(H,5,6). The molecule has 11 heteroatoms. The van der Waals surface area contributed by atoms with Crippen molar-refractivity contribution in [2.24, 2.45) is 0 Å². The number of hydrogen-bond acceptors (Lipinski definition) is 6. The van der Waals surface area contributed by atoms with Gasteiger partial charge in [-0.15, -0.1) is 0 Å². The number of Topliss-reactive ketones (excluding diaryl/α,β-unsaturated/α-hetero) is 1. The van der Waals surface area contributed by atoms with Gasteiger partial charge < -0.3 is 10.2 Å². The van der Waals surface area contributed by atoms with Crippen LogP contribution >= 0.6 is 23.2 Å². The molecule has 35 heavy (non-hydrogen) atoms. The second-order valence-corrected chi connectivity index (χ2v) is 9.59. The molecule has 1 saturated heterocycles. The van der Waals surface area contributed by atoms with Gasteiger partial charge in [0.15, 0.2) is 5.78 Å². The highest BCUT2D eigenvalue weighted by molar-refractivity contribution is 6.42. The number of piperazine rings is 1. The van der Waals surface area contributed by atoms with Gasteiger partial charge in [-0.1, -0.05) is 42.5 Å². The molecule has 1 aromatic heterocycles. The van der Waals surface area contributed by atoms with Crippen LogP contribution in [0.25, 0.3) is 5.69 Å². The summed E-state index contributed by atoms with van der Waals surface area (Å²) in [5.41, 5.74) is 1.61. The summed E-state index contributed by atoms with van der Waals surface area (Å²) in [5, 5.41) is 20.3. The fourth-order valence-electron chi connectivity index (χ4n) is 4.47. The molecule has 1 aliphatic heterocycles. The van der Waals surface area contributed by atoms with Gasteiger partial charge in [-0.25, -0.2) is 14.3 Å². The smallest absolute Gasteiger partial charge is 0.414 e. The zero-order chi connectivity index (χ0) is 25.4. The van der Waals surface area contributed by atoms with Crippen molar-refractivity contribution in [3.05, 3.63) is 46.2 Å². The second kappa shape index (κ2) is 13.0. The van der Waals surface area contributed by atoms with Crippen molar-refractivity contribution in [2.75, 3.05) is 32.7 Å². The fraction of sp³-hybridized carbons (Fsp3) is 0.500. The molecule has 2 N–H and O–H groups in total. The molecule has 2 heterocycles. The molecule has 190 valence electrons. The maximum Gasteiger partial charge on any atom is 0.414 e. The normalized spacial score (nSPS) is 17.4. The number of aliphatic carboxylic acids is 2. The first kappa shape index (κ1) is 27.1. The van der Waals surface area contributed by atoms with Crippen molar-refractivity contribution in [2.45, 2.75) is 44.6 Å². The van der Waals surface area contributed by atoms with E-state index in [9.17, 15) is 4.79 Å². The Bertz CT molecular complexity index is 1020. The van der Waals surface area contributed by atoms with E-state index < -0.39 is 11.9 Å². The van der Waals surface area contributed by atoms with Crippen molar-refractivity contribution in [3.63, 3.8) is 0 Å². The van der Waals surface area contributed by atoms with Gasteiger partial charge in [0.25, 0.3) is 0 Å². The number of rotatable bonds is 6. The Hall–Kier alpha value is -2.46. The Morgan fingerprint density at radius 3 is 2.17 bits per heavy atom. The minimum absolute atomic E-state index is 0.218. The molecule has 0 atom stereocenters. The van der Waals surface area contributed by atoms with Gasteiger partial charge >= 0.3 is 11.9 Å². The second-order valence-electron chi connectivity index (χ2n) is 8.78. The number of carboxylic acids is 2. The quantitative estimate of drug-likeness (QED) is 0.552. The summed E-state index contributed by atoms with van der Waals surface area (Å²) in [7, 11) is 0. The molecule has 2 fully saturated rings. The lowest BCUT2D eigenvalue weighted by atomic mass is 9.94. The van der Waals surface area contributed by atoms with E-state index in [0.29, 0.717) is 23.0 Å². The van der Waals surface area contributed by atoms with Crippen LogP contribution in [0.3, 0.4) is 0 Å². The Balaban J connectivity index is 0.000000509. The number of carbonyl (C=O) groups is 3. The van der Waals surface area contributed by atoms with Crippen LogP contribution in [0.2, 0.25) is 10.0 Å². The molecular weight excluding hydrogens is 495 g/mol. The topological polar surface area (TPSA) is 116 Å². The van der Waals surface area contributed by atoms with Gasteiger partial charge in [0.2, 0.25) is 0 Å². The Morgan fingerprint density at radius 2 is 1.57 bits per heavy atom. The number of carboxylic acid groups (broad SMARTS) is 2. The van der Waals surface area contributed by atoms with Gasteiger partial charge in [-0.2, -0.15) is 5.10 Å². The van der Waals surface area contributed by atoms with E-state index in [1.807, 2.05) is 18.3 Å². The number of carbonyl (C=O) groups excluding carboxylic acids is 1. The molecule has 2 aromatic rings. The van der Waals surface area contributed by atoms with E-state index in [2.05, 4.69) is 14.9 Å². The highest BCUT2D eigenvalue weighted by Crippen LogP contribution is 2.25. The van der Waals surface area contributed by atoms with Crippen LogP contribution in [0, 0.1) is 0 Å². The number of hydrogen-bond donors (Lipinski definition) is 2. The molecule has 0 unspecified atom stereocenters. The van der Waals surface area contributed by atoms with Crippen molar-refractivity contribution in [1.29, 1.82) is 0 Å². The van der Waals surface area contributed by atoms with E-state index in [0.717, 1.165) is 43.6 Å². The first-order valence-electron chi connectivity index (χ1n) is 11.7. The SMILES string of the molecule is O=C(Cc1ccn(-c2ccc(Cl)c(Cl)c2)n1)CN1CCN(C2CCCCC2)CC1.O=C(O)C(=O)O. The molecule has 9 nitrogen and oxygen atoms in total. The third-order valence-electron chi connectivity index (χ3n) is 6.27. The predicted molar refractivity (Wildman–Crippen MR) is 132 cm³/mol. The van der Waals surface area contributed by atoms with Crippen LogP contribution in [-0.4, -0.2) is 86.3 Å². The summed E-state index contributed by atoms with van der Waals surface area (Å²) in [6.45, 7) is 4.66. The summed E-state index contributed by atoms with van der Waals surface area (Å²) in [4.78, 5) is 35.7. The molecule has 1 aliphatic carbocycles. The average Bonchev–Trinajstić information content (AvgIpc) is 3.30. The first-order chi connectivity index (χ1) is 16.7. The summed E-state index contributed by atoms with van der Waals surface area (Å²) in [6, 6.07) is 8.04. The lowest BCUT2D eigenvalue weighted by molar-refractivity contribution is -0.159. The zero-order valence-electron chi connectivity index (χ0n) is 19.4. The molecule has 0 amide bonds. The summed E-state index contributed by atoms with van der Waals surface area (Å²) in [5.74, 6) is -3.43. The highest BCUT2D eigenvalue weighted by atomic mass is 35.5. The Kier molecular flexibility index (Phi) is 10.1. The maximum atomic E-state index is 12.6. The largest absolute Gasteiger partial charge is 0.473 e. The molecule has 1 aromatic carbocycles. The molecule has 2 aliphatic rings. The number of nitrogens with zero attached hydrogens (tertiary/aromatic N) is 4. The molecule has 0 radical (unpaired) electrons. The lowest BCUT2D eigenvalue weighted by Gasteiger charge is -2.40. The van der Waals surface area contributed by atoms with E-state index >= 15 is 0 Å². The van der Waals surface area contributed by atoms with Gasteiger partial charge in [0, 0.05) is 38.4 Å². The van der Waals surface area contributed by atoms with Crippen LogP contribution in [0.5, 0.6) is 0 Å². The van der Waals surface area contributed by atoms with Crippen LogP contribution in [0.15, 0.2) is 30.5 Å². The van der Waals surface area contributed by atoms with Crippen LogP contribution in [0.1, 0.15) is 37.8 Å². The van der Waals surface area contributed by atoms with Gasteiger partial charge in [-0.3, -0.25) is 14.6 Å². The minimum Gasteiger partial charge on any atom is -0.473 e. The van der Waals surface area contributed by atoms with Gasteiger partial charge in [-0.05, 0) is 37.1 Å². The highest BCUT2D eigenvalue weighted by Gasteiger charge is 2.25. The number of benzene rings is 1. The zero-order valence-corrected chi connectivity index (χ0v) is 20.9. The third kappa shape index (κ3) is 8.31. The molecular formula is C24H30Cl2N4O5. The third-order valence-corrected chi connectivity index (χ3v) is 7.01. The average molecular weight is 525 g/mol. The number of ketones is 1. The van der Waals surface area contributed by atoms with Crippen molar-refractivity contribution >= 4 is 40.9 Å². The van der Waals surface area contributed by atoms with E-state index in [-0.39, 0.29) is 5.78 Å². The minimum atomic E-state index is -1.82. The lowest BCUT2D eigenvalue weighted by Crippen LogP contribution is -2.51. The van der Waals surface area contributed by atoms with Crippen LogP contribution in [-0.2, 0) is 20.8 Å². The maximum absolute atomic E-state index is 12.6. The number of halogens is 2. The summed E-state index contributed by atoms with van der Waals surface area (Å²) < 4.78 is 1.73. The Labute approximate surface area is 214 Å². The fourth-order valence-corrected chi connectivity index (χ4v) is 4.76. The van der Waals surface area contributed by atoms with Crippen molar-refractivity contribution < 1.29 is 24.6 Å².